The maximum atomic E-state index is 12.8. The van der Waals surface area contributed by atoms with E-state index in [4.69, 9.17) is 5.73 Å². The number of nitrogen functional groups attached to an aromatic ring is 1. The molecule has 2 aromatic heterocycles. The predicted octanol–water partition coefficient (Wildman–Crippen LogP) is 0.919. The number of nitrogens with zero attached hydrogens (tertiary/aromatic N) is 5. The van der Waals surface area contributed by atoms with Gasteiger partial charge in [-0.05, 0) is 12.1 Å². The van der Waals surface area contributed by atoms with Gasteiger partial charge in [0, 0.05) is 26.2 Å². The largest absolute Gasteiger partial charge is 0.384 e. The van der Waals surface area contributed by atoms with Crippen LogP contribution in [0, 0.1) is 5.82 Å². The smallest absolute Gasteiger partial charge is 0.225 e. The van der Waals surface area contributed by atoms with Crippen LogP contribution in [0.2, 0.25) is 0 Å². The van der Waals surface area contributed by atoms with Crippen molar-refractivity contribution in [1.82, 2.24) is 15.0 Å². The number of pyridine rings is 1. The first-order chi connectivity index (χ1) is 9.72. The number of hydrogen-bond acceptors (Lipinski definition) is 6. The summed E-state index contributed by atoms with van der Waals surface area (Å²) in [7, 11) is 0. The fraction of sp³-hybridized carbons (Fsp3) is 0.308. The van der Waals surface area contributed by atoms with Crippen LogP contribution in [0.25, 0.3) is 0 Å². The van der Waals surface area contributed by atoms with Gasteiger partial charge in [-0.3, -0.25) is 0 Å². The fourth-order valence-corrected chi connectivity index (χ4v) is 2.22. The van der Waals surface area contributed by atoms with Crippen LogP contribution in [0.4, 0.5) is 21.8 Å². The van der Waals surface area contributed by atoms with Crippen molar-refractivity contribution in [2.75, 3.05) is 41.7 Å². The van der Waals surface area contributed by atoms with E-state index in [1.165, 1.54) is 12.4 Å². The summed E-state index contributed by atoms with van der Waals surface area (Å²) < 4.78 is 12.8. The van der Waals surface area contributed by atoms with Gasteiger partial charge in [-0.25, -0.2) is 19.3 Å². The molecule has 0 saturated carbocycles. The van der Waals surface area contributed by atoms with E-state index in [0.29, 0.717) is 11.8 Å². The standard InChI is InChI=1S/C13H15FN6/c14-10-7-17-13(18-8-10)20-5-3-19(4-6-20)11-1-2-12(15)16-9-11/h1-2,7-9H,3-6H2,(H2,15,16). The molecule has 1 fully saturated rings. The van der Waals surface area contributed by atoms with Gasteiger partial charge in [0.25, 0.3) is 0 Å². The molecule has 0 amide bonds. The predicted molar refractivity (Wildman–Crippen MR) is 75.1 cm³/mol. The molecule has 0 aromatic carbocycles. The molecular formula is C13H15FN6. The summed E-state index contributed by atoms with van der Waals surface area (Å²) in [6, 6.07) is 3.76. The Hall–Kier alpha value is -2.44. The molecule has 1 saturated heterocycles. The van der Waals surface area contributed by atoms with Crippen molar-refractivity contribution < 1.29 is 4.39 Å². The van der Waals surface area contributed by atoms with E-state index in [1.807, 2.05) is 11.0 Å². The molecule has 0 unspecified atom stereocenters. The lowest BCUT2D eigenvalue weighted by Crippen LogP contribution is -2.47. The molecule has 2 N–H and O–H groups in total. The summed E-state index contributed by atoms with van der Waals surface area (Å²) in [5.74, 6) is 0.675. The van der Waals surface area contributed by atoms with Gasteiger partial charge in [0.05, 0.1) is 24.3 Å². The summed E-state index contributed by atoms with van der Waals surface area (Å²) >= 11 is 0. The Balaban J connectivity index is 1.64. The second kappa shape index (κ2) is 5.28. The first-order valence-corrected chi connectivity index (χ1v) is 6.41. The molecule has 0 aliphatic carbocycles. The van der Waals surface area contributed by atoms with Gasteiger partial charge in [-0.15, -0.1) is 0 Å². The normalized spacial score (nSPS) is 15.4. The SMILES string of the molecule is Nc1ccc(N2CCN(c3ncc(F)cn3)CC2)cn1. The number of piperazine rings is 1. The molecule has 1 aliphatic rings. The lowest BCUT2D eigenvalue weighted by atomic mass is 10.3. The average molecular weight is 274 g/mol. The summed E-state index contributed by atoms with van der Waals surface area (Å²) in [5.41, 5.74) is 6.64. The highest BCUT2D eigenvalue weighted by molar-refractivity contribution is 5.49. The number of anilines is 3. The van der Waals surface area contributed by atoms with Crippen LogP contribution in [0.5, 0.6) is 0 Å². The van der Waals surface area contributed by atoms with Crippen LogP contribution in [0.15, 0.2) is 30.7 Å². The molecule has 7 heteroatoms. The molecule has 1 aliphatic heterocycles. The van der Waals surface area contributed by atoms with Crippen LogP contribution >= 0.6 is 0 Å². The average Bonchev–Trinajstić information content (AvgIpc) is 2.49. The van der Waals surface area contributed by atoms with Crippen molar-refractivity contribution in [3.63, 3.8) is 0 Å². The second-order valence-electron chi connectivity index (χ2n) is 4.62. The van der Waals surface area contributed by atoms with Gasteiger partial charge >= 0.3 is 0 Å². The molecule has 104 valence electrons. The Morgan fingerprint density at radius 3 is 2.15 bits per heavy atom. The van der Waals surface area contributed by atoms with Gasteiger partial charge in [0.2, 0.25) is 5.95 Å². The zero-order valence-electron chi connectivity index (χ0n) is 10.9. The van der Waals surface area contributed by atoms with Crippen molar-refractivity contribution in [3.8, 4) is 0 Å². The number of nitrogens with two attached hydrogens (primary N) is 1. The van der Waals surface area contributed by atoms with Crippen LogP contribution in [0.3, 0.4) is 0 Å². The third-order valence-electron chi connectivity index (χ3n) is 3.31. The molecule has 0 atom stereocenters. The Morgan fingerprint density at radius 2 is 1.55 bits per heavy atom. The van der Waals surface area contributed by atoms with Gasteiger partial charge in [-0.1, -0.05) is 0 Å². The molecule has 3 rings (SSSR count). The minimum absolute atomic E-state index is 0.416. The van der Waals surface area contributed by atoms with Crippen LogP contribution in [0.1, 0.15) is 0 Å². The highest BCUT2D eigenvalue weighted by Gasteiger charge is 2.19. The highest BCUT2D eigenvalue weighted by atomic mass is 19.1. The summed E-state index contributed by atoms with van der Waals surface area (Å²) in [5, 5.41) is 0. The Kier molecular flexibility index (Phi) is 3.32. The minimum Gasteiger partial charge on any atom is -0.384 e. The lowest BCUT2D eigenvalue weighted by molar-refractivity contribution is 0.602. The zero-order chi connectivity index (χ0) is 13.9. The van der Waals surface area contributed by atoms with E-state index in [1.54, 1.807) is 12.3 Å². The molecular weight excluding hydrogens is 259 g/mol. The highest BCUT2D eigenvalue weighted by Crippen LogP contribution is 2.18. The molecule has 0 bridgehead atoms. The van der Waals surface area contributed by atoms with Crippen LogP contribution < -0.4 is 15.5 Å². The molecule has 0 spiro atoms. The monoisotopic (exact) mass is 274 g/mol. The molecule has 20 heavy (non-hydrogen) atoms. The number of rotatable bonds is 2. The maximum absolute atomic E-state index is 12.8. The molecule has 2 aromatic rings. The molecule has 0 radical (unpaired) electrons. The van der Waals surface area contributed by atoms with Crippen molar-refractivity contribution in [2.45, 2.75) is 0 Å². The van der Waals surface area contributed by atoms with Crippen molar-refractivity contribution >= 4 is 17.5 Å². The Labute approximate surface area is 116 Å². The van der Waals surface area contributed by atoms with Gasteiger partial charge in [-0.2, -0.15) is 0 Å². The van der Waals surface area contributed by atoms with Gasteiger partial charge < -0.3 is 15.5 Å². The topological polar surface area (TPSA) is 71.2 Å². The fourth-order valence-electron chi connectivity index (χ4n) is 2.22. The third kappa shape index (κ3) is 2.61. The van der Waals surface area contributed by atoms with E-state index in [-0.39, 0.29) is 0 Å². The number of hydrogen-bond donors (Lipinski definition) is 1. The quantitative estimate of drug-likeness (QED) is 0.878. The summed E-state index contributed by atoms with van der Waals surface area (Å²) in [4.78, 5) is 16.4. The third-order valence-corrected chi connectivity index (χ3v) is 3.31. The first kappa shape index (κ1) is 12.6. The Morgan fingerprint density at radius 1 is 0.900 bits per heavy atom. The van der Waals surface area contributed by atoms with E-state index in [9.17, 15) is 4.39 Å². The van der Waals surface area contributed by atoms with E-state index in [2.05, 4.69) is 19.9 Å². The second-order valence-corrected chi connectivity index (χ2v) is 4.62. The van der Waals surface area contributed by atoms with E-state index >= 15 is 0 Å². The summed E-state index contributed by atoms with van der Waals surface area (Å²) in [6.07, 6.45) is 4.16. The van der Waals surface area contributed by atoms with Gasteiger partial charge in [0.15, 0.2) is 5.82 Å². The van der Waals surface area contributed by atoms with Crippen molar-refractivity contribution in [2.24, 2.45) is 0 Å². The minimum atomic E-state index is -0.416. The van der Waals surface area contributed by atoms with E-state index < -0.39 is 5.82 Å². The maximum Gasteiger partial charge on any atom is 0.225 e. The van der Waals surface area contributed by atoms with Gasteiger partial charge in [0.1, 0.15) is 5.82 Å². The lowest BCUT2D eigenvalue weighted by Gasteiger charge is -2.35. The Bertz CT molecular complexity index is 509. The van der Waals surface area contributed by atoms with Crippen molar-refractivity contribution in [1.29, 1.82) is 0 Å². The molecule has 3 heterocycles. The van der Waals surface area contributed by atoms with Crippen molar-refractivity contribution in [3.05, 3.63) is 36.5 Å². The molecule has 6 nitrogen and oxygen atoms in total. The number of aromatic nitrogens is 3. The van der Waals surface area contributed by atoms with Crippen LogP contribution in [-0.4, -0.2) is 41.1 Å². The summed E-state index contributed by atoms with van der Waals surface area (Å²) in [6.45, 7) is 3.25. The number of halogens is 1. The van der Waals surface area contributed by atoms with Crippen LogP contribution in [-0.2, 0) is 0 Å². The zero-order valence-corrected chi connectivity index (χ0v) is 10.9. The van der Waals surface area contributed by atoms with E-state index in [0.717, 1.165) is 31.9 Å². The first-order valence-electron chi connectivity index (χ1n) is 6.41.